The van der Waals surface area contributed by atoms with E-state index in [9.17, 15) is 4.79 Å². The second-order valence-corrected chi connectivity index (χ2v) is 5.18. The predicted octanol–water partition coefficient (Wildman–Crippen LogP) is 1.35. The lowest BCUT2D eigenvalue weighted by molar-refractivity contribution is -0.133. The Hall–Kier alpha value is -2.46. The average molecular weight is 324 g/mol. The van der Waals surface area contributed by atoms with Crippen molar-refractivity contribution in [1.29, 1.82) is 0 Å². The maximum absolute atomic E-state index is 10.6. The summed E-state index contributed by atoms with van der Waals surface area (Å²) < 4.78 is 10.7. The van der Waals surface area contributed by atoms with Gasteiger partial charge in [-0.15, -0.1) is 10.2 Å². The Morgan fingerprint density at radius 1 is 1.45 bits per heavy atom. The Morgan fingerprint density at radius 2 is 2.23 bits per heavy atom. The van der Waals surface area contributed by atoms with E-state index < -0.39 is 5.97 Å². The summed E-state index contributed by atoms with van der Waals surface area (Å²) in [6.07, 6.45) is 0. The van der Waals surface area contributed by atoms with Gasteiger partial charge in [0.2, 0.25) is 6.79 Å². The largest absolute Gasteiger partial charge is 0.481 e. The number of ether oxygens (including phenoxy) is 2. The summed E-state index contributed by atoms with van der Waals surface area (Å²) in [5.41, 5.74) is 4.03. The van der Waals surface area contributed by atoms with Gasteiger partial charge in [-0.25, -0.2) is 0 Å². The van der Waals surface area contributed by atoms with Crippen LogP contribution < -0.4 is 15.0 Å². The Labute approximate surface area is 128 Å². The van der Waals surface area contributed by atoms with Crippen molar-refractivity contribution in [2.75, 3.05) is 25.1 Å². The lowest BCUT2D eigenvalue weighted by Crippen LogP contribution is -1.99. The third kappa shape index (κ3) is 2.92. The van der Waals surface area contributed by atoms with Crippen LogP contribution in [0.4, 0.5) is 5.69 Å². The van der Waals surface area contributed by atoms with Crippen LogP contribution in [0.1, 0.15) is 0 Å². The van der Waals surface area contributed by atoms with Crippen molar-refractivity contribution in [1.82, 2.24) is 15.2 Å². The standard InChI is InChI=1S/C12H12N4O5S/c1-19-16-7-3-9-8(20-5-21-9)2-6(7)11-13-12(15-14-11)22-4-10(17)18/h2-3,16H,4-5H2,1H3,(H,17,18)(H,13,14,15). The van der Waals surface area contributed by atoms with E-state index >= 15 is 0 Å². The number of hydrogen-bond acceptors (Lipinski definition) is 8. The zero-order valence-electron chi connectivity index (χ0n) is 11.5. The van der Waals surface area contributed by atoms with Crippen molar-refractivity contribution >= 4 is 23.4 Å². The topological polar surface area (TPSA) is 119 Å². The number of carboxylic acids is 1. The minimum absolute atomic E-state index is 0.0983. The van der Waals surface area contributed by atoms with Gasteiger partial charge in [-0.05, 0) is 6.07 Å². The molecule has 0 saturated heterocycles. The van der Waals surface area contributed by atoms with Gasteiger partial charge in [-0.3, -0.25) is 15.1 Å². The number of aliphatic carboxylic acids is 1. The second kappa shape index (κ2) is 6.12. The molecule has 0 atom stereocenters. The highest BCUT2D eigenvalue weighted by Gasteiger charge is 2.20. The maximum atomic E-state index is 10.6. The van der Waals surface area contributed by atoms with Gasteiger partial charge in [0.1, 0.15) is 0 Å². The smallest absolute Gasteiger partial charge is 0.313 e. The molecule has 1 aromatic carbocycles. The van der Waals surface area contributed by atoms with E-state index in [0.717, 1.165) is 11.8 Å². The van der Waals surface area contributed by atoms with Gasteiger partial charge < -0.3 is 19.6 Å². The van der Waals surface area contributed by atoms with E-state index in [0.29, 0.717) is 33.7 Å². The number of thioether (sulfide) groups is 1. The van der Waals surface area contributed by atoms with Gasteiger partial charge in [-0.2, -0.15) is 0 Å². The molecular formula is C12H12N4O5S. The van der Waals surface area contributed by atoms with Gasteiger partial charge in [0.25, 0.3) is 0 Å². The molecule has 10 heteroatoms. The first-order valence-corrected chi connectivity index (χ1v) is 7.16. The number of carboxylic acid groups (broad SMARTS) is 1. The summed E-state index contributed by atoms with van der Waals surface area (Å²) in [6, 6.07) is 3.48. The fourth-order valence-electron chi connectivity index (χ4n) is 1.90. The highest BCUT2D eigenvalue weighted by atomic mass is 32.2. The molecule has 0 amide bonds. The molecule has 2 heterocycles. The van der Waals surface area contributed by atoms with Gasteiger partial charge in [0, 0.05) is 11.6 Å². The van der Waals surface area contributed by atoms with Crippen LogP contribution >= 0.6 is 11.8 Å². The van der Waals surface area contributed by atoms with E-state index in [4.69, 9.17) is 19.4 Å². The number of nitrogens with one attached hydrogen (secondary N) is 2. The van der Waals surface area contributed by atoms with Crippen molar-refractivity contribution in [3.63, 3.8) is 0 Å². The van der Waals surface area contributed by atoms with E-state index in [1.54, 1.807) is 12.1 Å². The van der Waals surface area contributed by atoms with Crippen LogP contribution in [0.25, 0.3) is 11.4 Å². The molecule has 0 saturated carbocycles. The number of aromatic nitrogens is 3. The summed E-state index contributed by atoms with van der Waals surface area (Å²) in [4.78, 5) is 18.5. The number of hydrogen-bond donors (Lipinski definition) is 3. The van der Waals surface area contributed by atoms with Gasteiger partial charge in [0.05, 0.1) is 18.6 Å². The van der Waals surface area contributed by atoms with Crippen molar-refractivity contribution in [2.24, 2.45) is 0 Å². The van der Waals surface area contributed by atoms with Gasteiger partial charge >= 0.3 is 5.97 Å². The summed E-state index contributed by atoms with van der Waals surface area (Å²) >= 11 is 1.05. The zero-order chi connectivity index (χ0) is 15.5. The Balaban J connectivity index is 1.91. The third-order valence-electron chi connectivity index (χ3n) is 2.78. The molecular weight excluding hydrogens is 312 g/mol. The van der Waals surface area contributed by atoms with Crippen LogP contribution in [0.15, 0.2) is 17.3 Å². The number of nitrogens with zero attached hydrogens (tertiary/aromatic N) is 2. The highest BCUT2D eigenvalue weighted by Crippen LogP contribution is 2.40. The molecule has 116 valence electrons. The number of carbonyl (C=O) groups is 1. The third-order valence-corrected chi connectivity index (χ3v) is 3.63. The van der Waals surface area contributed by atoms with Crippen LogP contribution in [-0.4, -0.2) is 45.9 Å². The van der Waals surface area contributed by atoms with E-state index in [-0.39, 0.29) is 12.5 Å². The molecule has 1 aliphatic rings. The maximum Gasteiger partial charge on any atom is 0.313 e. The van der Waals surface area contributed by atoms with Crippen LogP contribution in [-0.2, 0) is 9.63 Å². The number of rotatable bonds is 6. The minimum atomic E-state index is -0.923. The molecule has 0 radical (unpaired) electrons. The molecule has 0 fully saturated rings. The Bertz CT molecular complexity index is 705. The molecule has 0 bridgehead atoms. The highest BCUT2D eigenvalue weighted by molar-refractivity contribution is 7.99. The lowest BCUT2D eigenvalue weighted by Gasteiger charge is -2.09. The molecule has 0 aliphatic carbocycles. The van der Waals surface area contributed by atoms with Crippen LogP contribution in [0.5, 0.6) is 11.5 Å². The molecule has 3 N–H and O–H groups in total. The summed E-state index contributed by atoms with van der Waals surface area (Å²) in [5, 5.41) is 17.0. The van der Waals surface area contributed by atoms with Crippen molar-refractivity contribution in [3.05, 3.63) is 12.1 Å². The monoisotopic (exact) mass is 324 g/mol. The van der Waals surface area contributed by atoms with E-state index in [1.165, 1.54) is 7.11 Å². The molecule has 2 aromatic rings. The van der Waals surface area contributed by atoms with Crippen LogP contribution in [0.2, 0.25) is 0 Å². The Morgan fingerprint density at radius 3 is 2.95 bits per heavy atom. The fraction of sp³-hybridized carbons (Fsp3) is 0.250. The first-order valence-electron chi connectivity index (χ1n) is 6.17. The summed E-state index contributed by atoms with van der Waals surface area (Å²) in [7, 11) is 1.49. The average Bonchev–Trinajstić information content (AvgIpc) is 3.13. The Kier molecular flexibility index (Phi) is 4.02. The normalized spacial score (nSPS) is 12.4. The van der Waals surface area contributed by atoms with Crippen LogP contribution in [0, 0.1) is 0 Å². The van der Waals surface area contributed by atoms with Gasteiger partial charge in [0.15, 0.2) is 22.5 Å². The number of fused-ring (bicyclic) bond motifs is 1. The first kappa shape index (κ1) is 14.5. The number of anilines is 1. The SMILES string of the molecule is CONc1cc2c(cc1-c1nnc(SCC(=O)O)[nH]1)OCO2. The number of benzene rings is 1. The van der Waals surface area contributed by atoms with Gasteiger partial charge in [-0.1, -0.05) is 11.8 Å². The molecule has 22 heavy (non-hydrogen) atoms. The van der Waals surface area contributed by atoms with E-state index in [2.05, 4.69) is 20.7 Å². The molecule has 3 rings (SSSR count). The van der Waals surface area contributed by atoms with Crippen LogP contribution in [0.3, 0.4) is 0 Å². The fourth-order valence-corrected chi connectivity index (χ4v) is 2.42. The number of H-pyrrole nitrogens is 1. The van der Waals surface area contributed by atoms with Crippen molar-refractivity contribution < 1.29 is 24.2 Å². The lowest BCUT2D eigenvalue weighted by atomic mass is 10.1. The molecule has 1 aliphatic heterocycles. The predicted molar refractivity (Wildman–Crippen MR) is 76.9 cm³/mol. The summed E-state index contributed by atoms with van der Waals surface area (Å²) in [5.74, 6) is 0.633. The van der Waals surface area contributed by atoms with Crippen molar-refractivity contribution in [3.8, 4) is 22.9 Å². The molecule has 1 aromatic heterocycles. The van der Waals surface area contributed by atoms with E-state index in [1.807, 2.05) is 0 Å². The quantitative estimate of drug-likeness (QED) is 0.534. The molecule has 0 spiro atoms. The molecule has 0 unspecified atom stereocenters. The minimum Gasteiger partial charge on any atom is -0.481 e. The number of aromatic amines is 1. The van der Waals surface area contributed by atoms with Crippen molar-refractivity contribution in [2.45, 2.75) is 5.16 Å². The summed E-state index contributed by atoms with van der Waals surface area (Å²) in [6.45, 7) is 0.154. The first-order chi connectivity index (χ1) is 10.7. The molecule has 9 nitrogen and oxygen atoms in total. The second-order valence-electron chi connectivity index (χ2n) is 4.22. The zero-order valence-corrected chi connectivity index (χ0v) is 12.3.